The van der Waals surface area contributed by atoms with Crippen molar-refractivity contribution in [3.05, 3.63) is 6.20 Å². The first-order valence-corrected chi connectivity index (χ1v) is 2.71. The van der Waals surface area contributed by atoms with E-state index in [4.69, 9.17) is 13.5 Å². The Morgan fingerprint density at radius 2 is 2.00 bits per heavy atom. The molecular weight excluding hydrogens is 174 g/mol. The molecule has 0 saturated heterocycles. The first-order valence-electron chi connectivity index (χ1n) is 2.07. The first-order chi connectivity index (χ1) is 4.80. The van der Waals surface area contributed by atoms with E-state index in [1.54, 1.807) is 0 Å². The molecule has 1 heterocycles. The molecule has 0 saturated carbocycles. The Balaban J connectivity index is 0.000000371. The van der Waals surface area contributed by atoms with Crippen LogP contribution >= 0.6 is 0 Å². The van der Waals surface area contributed by atoms with Gasteiger partial charge in [-0.15, -0.1) is 5.10 Å². The van der Waals surface area contributed by atoms with Crippen LogP contribution in [0.5, 0.6) is 11.6 Å². The average Bonchev–Trinajstić information content (AvgIpc) is 2.00. The van der Waals surface area contributed by atoms with Crippen LogP contribution in [0.3, 0.4) is 0 Å². The van der Waals surface area contributed by atoms with E-state index in [0.717, 1.165) is 26.6 Å². The van der Waals surface area contributed by atoms with E-state index in [9.17, 15) is 0 Å². The Bertz CT molecular complexity index is 187. The van der Waals surface area contributed by atoms with Gasteiger partial charge < -0.3 is 10.2 Å². The number of rotatable bonds is 0. The predicted molar refractivity (Wildman–Crippen MR) is 23.8 cm³/mol. The molecule has 0 aliphatic carbocycles. The monoisotopic (exact) mass is 177 g/mol. The van der Waals surface area contributed by atoms with Crippen molar-refractivity contribution in [1.29, 1.82) is 0 Å². The Kier molecular flexibility index (Phi) is 4.52. The summed E-state index contributed by atoms with van der Waals surface area (Å²) < 4.78 is 8.25. The van der Waals surface area contributed by atoms with E-state index in [1.165, 1.54) is 0 Å². The van der Waals surface area contributed by atoms with Gasteiger partial charge in [-0.05, 0) is 5.21 Å². The summed E-state index contributed by atoms with van der Waals surface area (Å²) in [7, 11) is 0. The van der Waals surface area contributed by atoms with E-state index >= 15 is 0 Å². The average molecular weight is 177 g/mol. The van der Waals surface area contributed by atoms with Crippen molar-refractivity contribution in [3.63, 3.8) is 0 Å². The second kappa shape index (κ2) is 4.95. The summed E-state index contributed by atoms with van der Waals surface area (Å²) in [5.74, 6) is -0.861. The van der Waals surface area contributed by atoms with Gasteiger partial charge in [0, 0.05) is 0 Å². The van der Waals surface area contributed by atoms with Gasteiger partial charge in [0.05, 0.1) is 6.20 Å². The standard InChI is InChI=1S/C3H3N3O2.O.Ti/c7-2-1-4-6-5-3(2)8;;/h1H,(H,6,7)(H,4,5,8);;. The molecule has 6 nitrogen and oxygen atoms in total. The van der Waals surface area contributed by atoms with Crippen molar-refractivity contribution < 1.29 is 33.9 Å². The summed E-state index contributed by atoms with van der Waals surface area (Å²) >= 11 is 0.750. The van der Waals surface area contributed by atoms with Crippen LogP contribution in [0.15, 0.2) is 6.20 Å². The third-order valence-corrected chi connectivity index (χ3v) is 0.600. The molecule has 0 aliphatic heterocycles. The topological polar surface area (TPSA) is 96.2 Å². The molecule has 0 unspecified atom stereocenters. The van der Waals surface area contributed by atoms with Crippen LogP contribution in [0.2, 0.25) is 0 Å². The molecule has 0 atom stereocenters. The summed E-state index contributed by atoms with van der Waals surface area (Å²) in [6, 6.07) is 0. The molecule has 0 radical (unpaired) electrons. The zero-order chi connectivity index (χ0) is 7.98. The van der Waals surface area contributed by atoms with Gasteiger partial charge in [0.2, 0.25) is 5.75 Å². The van der Waals surface area contributed by atoms with Crippen molar-refractivity contribution in [2.24, 2.45) is 0 Å². The molecule has 0 aromatic carbocycles. The van der Waals surface area contributed by atoms with Crippen molar-refractivity contribution in [3.8, 4) is 11.6 Å². The number of nitrogens with zero attached hydrogens (tertiary/aromatic N) is 3. The van der Waals surface area contributed by atoms with E-state index in [0.29, 0.717) is 0 Å². The molecule has 0 aliphatic rings. The van der Waals surface area contributed by atoms with Crippen LogP contribution in [-0.4, -0.2) is 25.6 Å². The minimum absolute atomic E-state index is 0.361. The maximum absolute atomic E-state index is 8.50. The molecule has 10 heavy (non-hydrogen) atoms. The Morgan fingerprint density at radius 1 is 1.40 bits per heavy atom. The van der Waals surface area contributed by atoms with Gasteiger partial charge >= 0.3 is 23.7 Å². The van der Waals surface area contributed by atoms with E-state index < -0.39 is 5.88 Å². The number of hydrogen-bond donors (Lipinski definition) is 2. The third-order valence-electron chi connectivity index (χ3n) is 0.600. The summed E-state index contributed by atoms with van der Waals surface area (Å²) in [4.78, 5) is 0. The van der Waals surface area contributed by atoms with Crippen LogP contribution in [0, 0.1) is 0 Å². The Hall–Kier alpha value is -0.876. The summed E-state index contributed by atoms with van der Waals surface area (Å²) in [5.41, 5.74) is 0. The van der Waals surface area contributed by atoms with Crippen LogP contribution in [0.1, 0.15) is 0 Å². The summed E-state index contributed by atoms with van der Waals surface area (Å²) in [6.07, 6.45) is 1.00. The van der Waals surface area contributed by atoms with E-state index in [1.807, 2.05) is 0 Å². The Morgan fingerprint density at radius 3 is 2.30 bits per heavy atom. The van der Waals surface area contributed by atoms with Crippen LogP contribution in [-0.2, 0) is 23.7 Å². The molecule has 1 aromatic rings. The number of aromatic nitrogens is 3. The van der Waals surface area contributed by atoms with Gasteiger partial charge in [0.25, 0.3) is 5.88 Å². The molecule has 0 spiro atoms. The van der Waals surface area contributed by atoms with Crippen molar-refractivity contribution in [2.75, 3.05) is 0 Å². The van der Waals surface area contributed by atoms with Gasteiger partial charge in [-0.2, -0.15) is 0 Å². The van der Waals surface area contributed by atoms with Gasteiger partial charge in [0.15, 0.2) is 0 Å². The zero-order valence-corrected chi connectivity index (χ0v) is 6.28. The molecule has 1 aromatic heterocycles. The van der Waals surface area contributed by atoms with Gasteiger partial charge in [-0.25, -0.2) is 0 Å². The van der Waals surface area contributed by atoms with Crippen molar-refractivity contribution >= 4 is 0 Å². The summed E-state index contributed by atoms with van der Waals surface area (Å²) in [6.45, 7) is 0. The van der Waals surface area contributed by atoms with Gasteiger partial charge in [-0.1, -0.05) is 5.10 Å². The molecule has 7 heteroatoms. The molecule has 52 valence electrons. The molecule has 0 amide bonds. The van der Waals surface area contributed by atoms with Gasteiger partial charge in [-0.3, -0.25) is 0 Å². The normalized spacial score (nSPS) is 7.50. The Labute approximate surface area is 67.6 Å². The molecule has 2 N–H and O–H groups in total. The second-order valence-electron chi connectivity index (χ2n) is 1.14. The molecule has 0 bridgehead atoms. The number of aromatic hydroxyl groups is 2. The second-order valence-corrected chi connectivity index (χ2v) is 1.14. The fourth-order valence-electron chi connectivity index (χ4n) is 0.258. The van der Waals surface area contributed by atoms with Crippen LogP contribution in [0.25, 0.3) is 0 Å². The predicted octanol–water partition coefficient (Wildman–Crippen LogP) is -0.839. The molecular formula is C3H3N3O3Ti. The SMILES string of the molecule is Oc1cnnnc1O.[O]=[Ti]. The fraction of sp³-hybridized carbons (Fsp3) is 0. The summed E-state index contributed by atoms with van der Waals surface area (Å²) in [5, 5.41) is 26.2. The quantitative estimate of drug-likeness (QED) is 0.501. The van der Waals surface area contributed by atoms with E-state index in [-0.39, 0.29) is 5.75 Å². The van der Waals surface area contributed by atoms with Gasteiger partial charge in [0.1, 0.15) is 0 Å². The van der Waals surface area contributed by atoms with Crippen molar-refractivity contribution in [1.82, 2.24) is 15.4 Å². The van der Waals surface area contributed by atoms with Crippen LogP contribution in [0.4, 0.5) is 0 Å². The fourth-order valence-corrected chi connectivity index (χ4v) is 0.258. The minimum atomic E-state index is -0.500. The number of hydrogen-bond acceptors (Lipinski definition) is 6. The van der Waals surface area contributed by atoms with Crippen molar-refractivity contribution in [2.45, 2.75) is 0 Å². The first kappa shape index (κ1) is 9.12. The maximum atomic E-state index is 8.50. The third kappa shape index (κ3) is 2.61. The molecule has 1 rings (SSSR count). The van der Waals surface area contributed by atoms with Crippen LogP contribution < -0.4 is 0 Å². The zero-order valence-electron chi connectivity index (χ0n) is 4.72. The van der Waals surface area contributed by atoms with E-state index in [2.05, 4.69) is 15.4 Å². The molecule has 0 fully saturated rings.